The third-order valence-corrected chi connectivity index (χ3v) is 3.80. The van der Waals surface area contributed by atoms with E-state index < -0.39 is 11.9 Å². The molecule has 1 saturated heterocycles. The van der Waals surface area contributed by atoms with E-state index in [1.165, 1.54) is 0 Å². The molecule has 1 aliphatic rings. The molecule has 0 radical (unpaired) electrons. The summed E-state index contributed by atoms with van der Waals surface area (Å²) in [5, 5.41) is 11.9. The fourth-order valence-electron chi connectivity index (χ4n) is 2.60. The summed E-state index contributed by atoms with van der Waals surface area (Å²) in [6.45, 7) is 4.45. The predicted octanol–water partition coefficient (Wildman–Crippen LogP) is 2.51. The van der Waals surface area contributed by atoms with Crippen LogP contribution in [0.15, 0.2) is 18.2 Å². The number of benzene rings is 1. The summed E-state index contributed by atoms with van der Waals surface area (Å²) in [6, 6.07) is 5.80. The number of hydrogen-bond donors (Lipinski definition) is 2. The van der Waals surface area contributed by atoms with Crippen molar-refractivity contribution in [2.45, 2.75) is 39.2 Å². The van der Waals surface area contributed by atoms with E-state index in [4.69, 9.17) is 9.84 Å². The van der Waals surface area contributed by atoms with Crippen molar-refractivity contribution in [1.29, 1.82) is 0 Å². The monoisotopic (exact) mass is 291 g/mol. The van der Waals surface area contributed by atoms with E-state index in [1.54, 1.807) is 0 Å². The van der Waals surface area contributed by atoms with E-state index >= 15 is 0 Å². The Morgan fingerprint density at radius 2 is 2.19 bits per heavy atom. The maximum atomic E-state index is 12.4. The number of anilines is 1. The van der Waals surface area contributed by atoms with Crippen molar-refractivity contribution >= 4 is 17.6 Å². The highest BCUT2D eigenvalue weighted by molar-refractivity contribution is 5.95. The topological polar surface area (TPSA) is 75.6 Å². The van der Waals surface area contributed by atoms with Crippen LogP contribution >= 0.6 is 0 Å². The number of nitrogens with one attached hydrogen (secondary N) is 1. The lowest BCUT2D eigenvalue weighted by atomic mass is 9.95. The molecule has 0 saturated carbocycles. The van der Waals surface area contributed by atoms with E-state index in [0.29, 0.717) is 6.61 Å². The fourth-order valence-corrected chi connectivity index (χ4v) is 2.60. The van der Waals surface area contributed by atoms with Gasteiger partial charge in [0.2, 0.25) is 5.91 Å². The van der Waals surface area contributed by atoms with Crippen LogP contribution in [0.25, 0.3) is 0 Å². The van der Waals surface area contributed by atoms with E-state index in [1.807, 2.05) is 32.0 Å². The number of hydrogen-bond acceptors (Lipinski definition) is 3. The van der Waals surface area contributed by atoms with Crippen LogP contribution in [0.2, 0.25) is 0 Å². The van der Waals surface area contributed by atoms with Crippen molar-refractivity contribution in [3.63, 3.8) is 0 Å². The van der Waals surface area contributed by atoms with Crippen LogP contribution in [-0.2, 0) is 14.3 Å². The lowest BCUT2D eigenvalue weighted by Gasteiger charge is -2.21. The lowest BCUT2D eigenvalue weighted by Crippen LogP contribution is -2.34. The van der Waals surface area contributed by atoms with Gasteiger partial charge in [-0.1, -0.05) is 12.1 Å². The molecule has 114 valence electrons. The van der Waals surface area contributed by atoms with Gasteiger partial charge in [0.15, 0.2) is 0 Å². The number of aliphatic carboxylic acids is 1. The summed E-state index contributed by atoms with van der Waals surface area (Å²) < 4.78 is 5.50. The molecule has 1 amide bonds. The quantitative estimate of drug-likeness (QED) is 0.874. The van der Waals surface area contributed by atoms with Crippen LogP contribution in [0.5, 0.6) is 0 Å². The summed E-state index contributed by atoms with van der Waals surface area (Å²) in [7, 11) is 0. The smallest absolute Gasteiger partial charge is 0.304 e. The second kappa shape index (κ2) is 6.72. The molecular formula is C16H21NO4. The van der Waals surface area contributed by atoms with Gasteiger partial charge in [-0.05, 0) is 43.9 Å². The Bertz CT molecular complexity index is 535. The molecule has 0 unspecified atom stereocenters. The van der Waals surface area contributed by atoms with Gasteiger partial charge in [-0.3, -0.25) is 9.59 Å². The number of carbonyl (C=O) groups excluding carboxylic acids is 1. The van der Waals surface area contributed by atoms with Crippen molar-refractivity contribution in [2.24, 2.45) is 5.92 Å². The first-order valence-corrected chi connectivity index (χ1v) is 7.19. The number of carboxylic acid groups (broad SMARTS) is 1. The molecule has 0 bridgehead atoms. The van der Waals surface area contributed by atoms with Crippen molar-refractivity contribution < 1.29 is 19.4 Å². The Balaban J connectivity index is 2.13. The third kappa shape index (κ3) is 4.04. The predicted molar refractivity (Wildman–Crippen MR) is 79.3 cm³/mol. The Labute approximate surface area is 124 Å². The molecular weight excluding hydrogens is 270 g/mol. The molecule has 1 aliphatic heterocycles. The Morgan fingerprint density at radius 3 is 2.81 bits per heavy atom. The van der Waals surface area contributed by atoms with Gasteiger partial charge < -0.3 is 15.2 Å². The number of amides is 1. The second-order valence-electron chi connectivity index (χ2n) is 5.56. The number of rotatable bonds is 5. The van der Waals surface area contributed by atoms with Gasteiger partial charge in [0.1, 0.15) is 0 Å². The van der Waals surface area contributed by atoms with Crippen LogP contribution in [0, 0.1) is 19.8 Å². The standard InChI is InChI=1S/C16H21NO4/c1-10-5-6-11(2)13(8-10)17-16(20)12(9-15(18)19)14-4-3-7-21-14/h5-6,8,12,14H,3-4,7,9H2,1-2H3,(H,17,20)(H,18,19)/t12-,14+/m1/s1. The molecule has 5 nitrogen and oxygen atoms in total. The van der Waals surface area contributed by atoms with Gasteiger partial charge >= 0.3 is 5.97 Å². The average molecular weight is 291 g/mol. The van der Waals surface area contributed by atoms with Crippen LogP contribution < -0.4 is 5.32 Å². The summed E-state index contributed by atoms with van der Waals surface area (Å²) in [5.41, 5.74) is 2.73. The Kier molecular flexibility index (Phi) is 4.96. The number of ether oxygens (including phenoxy) is 1. The van der Waals surface area contributed by atoms with Crippen LogP contribution in [-0.4, -0.2) is 29.7 Å². The van der Waals surface area contributed by atoms with Crippen molar-refractivity contribution in [2.75, 3.05) is 11.9 Å². The maximum absolute atomic E-state index is 12.4. The zero-order valence-electron chi connectivity index (χ0n) is 12.4. The highest BCUT2D eigenvalue weighted by atomic mass is 16.5. The molecule has 5 heteroatoms. The van der Waals surface area contributed by atoms with E-state index in [2.05, 4.69) is 5.32 Å². The third-order valence-electron chi connectivity index (χ3n) is 3.80. The van der Waals surface area contributed by atoms with Crippen molar-refractivity contribution in [1.82, 2.24) is 0 Å². The van der Waals surface area contributed by atoms with Crippen LogP contribution in [0.4, 0.5) is 5.69 Å². The number of carboxylic acids is 1. The van der Waals surface area contributed by atoms with Gasteiger partial charge in [-0.2, -0.15) is 0 Å². The minimum Gasteiger partial charge on any atom is -0.481 e. The lowest BCUT2D eigenvalue weighted by molar-refractivity contribution is -0.142. The number of carbonyl (C=O) groups is 2. The largest absolute Gasteiger partial charge is 0.481 e. The Morgan fingerprint density at radius 1 is 1.43 bits per heavy atom. The molecule has 1 aromatic carbocycles. The van der Waals surface area contributed by atoms with E-state index in [9.17, 15) is 9.59 Å². The van der Waals surface area contributed by atoms with E-state index in [-0.39, 0.29) is 18.4 Å². The molecule has 21 heavy (non-hydrogen) atoms. The highest BCUT2D eigenvalue weighted by Crippen LogP contribution is 2.25. The van der Waals surface area contributed by atoms with Gasteiger partial charge in [-0.25, -0.2) is 0 Å². The minimum absolute atomic E-state index is 0.207. The molecule has 1 fully saturated rings. The zero-order valence-corrected chi connectivity index (χ0v) is 12.4. The van der Waals surface area contributed by atoms with Gasteiger partial charge in [0.25, 0.3) is 0 Å². The highest BCUT2D eigenvalue weighted by Gasteiger charge is 2.33. The summed E-state index contributed by atoms with van der Waals surface area (Å²) in [4.78, 5) is 23.5. The molecule has 2 rings (SSSR count). The SMILES string of the molecule is Cc1ccc(C)c(NC(=O)[C@H](CC(=O)O)[C@@H]2CCCO2)c1. The van der Waals surface area contributed by atoms with Gasteiger partial charge in [0.05, 0.1) is 18.4 Å². The van der Waals surface area contributed by atoms with Gasteiger partial charge in [-0.15, -0.1) is 0 Å². The molecule has 2 N–H and O–H groups in total. The van der Waals surface area contributed by atoms with Crippen LogP contribution in [0.3, 0.4) is 0 Å². The minimum atomic E-state index is -0.980. The van der Waals surface area contributed by atoms with Crippen molar-refractivity contribution in [3.8, 4) is 0 Å². The summed E-state index contributed by atoms with van der Waals surface area (Å²) in [5.74, 6) is -1.91. The first-order chi connectivity index (χ1) is 9.97. The normalized spacial score (nSPS) is 19.2. The summed E-state index contributed by atoms with van der Waals surface area (Å²) in [6.07, 6.45) is 1.10. The number of aryl methyl sites for hydroxylation is 2. The fraction of sp³-hybridized carbons (Fsp3) is 0.500. The second-order valence-corrected chi connectivity index (χ2v) is 5.56. The molecule has 0 aromatic heterocycles. The first-order valence-electron chi connectivity index (χ1n) is 7.19. The summed E-state index contributed by atoms with van der Waals surface area (Å²) >= 11 is 0. The molecule has 1 aromatic rings. The first kappa shape index (κ1) is 15.5. The maximum Gasteiger partial charge on any atom is 0.304 e. The van der Waals surface area contributed by atoms with Gasteiger partial charge in [0, 0.05) is 12.3 Å². The van der Waals surface area contributed by atoms with Crippen molar-refractivity contribution in [3.05, 3.63) is 29.3 Å². The zero-order chi connectivity index (χ0) is 15.4. The Hall–Kier alpha value is -1.88. The molecule has 1 heterocycles. The molecule has 2 atom stereocenters. The van der Waals surface area contributed by atoms with E-state index in [0.717, 1.165) is 29.7 Å². The molecule has 0 aliphatic carbocycles. The van der Waals surface area contributed by atoms with Crippen LogP contribution in [0.1, 0.15) is 30.4 Å². The average Bonchev–Trinajstić information content (AvgIpc) is 2.93. The molecule has 0 spiro atoms.